The summed E-state index contributed by atoms with van der Waals surface area (Å²) in [5, 5.41) is 0.928. The Balaban J connectivity index is 1.39. The number of anilines is 2. The Hall–Kier alpha value is -4.22. The van der Waals surface area contributed by atoms with Gasteiger partial charge in [-0.3, -0.25) is 14.5 Å². The molecule has 0 saturated heterocycles. The number of methoxy groups -OCH3 is 1. The number of hydrogen-bond acceptors (Lipinski definition) is 8. The van der Waals surface area contributed by atoms with Gasteiger partial charge in [0.05, 0.1) is 41.4 Å². The van der Waals surface area contributed by atoms with Crippen LogP contribution in [0.3, 0.4) is 0 Å². The van der Waals surface area contributed by atoms with Crippen LogP contribution in [0.25, 0.3) is 22.0 Å². The van der Waals surface area contributed by atoms with Crippen molar-refractivity contribution in [1.29, 1.82) is 0 Å². The van der Waals surface area contributed by atoms with Crippen LogP contribution in [0.5, 0.6) is 11.6 Å². The van der Waals surface area contributed by atoms with E-state index in [1.54, 1.807) is 35.5 Å². The number of hydrogen-bond donors (Lipinski definition) is 1. The van der Waals surface area contributed by atoms with Gasteiger partial charge < -0.3 is 19.3 Å². The van der Waals surface area contributed by atoms with Crippen molar-refractivity contribution in [1.82, 2.24) is 14.9 Å². The Labute approximate surface area is 251 Å². The molecular formula is C32H35N5O5S. The van der Waals surface area contributed by atoms with Crippen LogP contribution in [0.2, 0.25) is 0 Å². The third-order valence-electron chi connectivity index (χ3n) is 8.40. The van der Waals surface area contributed by atoms with Crippen LogP contribution in [-0.2, 0) is 20.2 Å². The van der Waals surface area contributed by atoms with Crippen LogP contribution in [0.15, 0.2) is 65.8 Å². The second-order valence-corrected chi connectivity index (χ2v) is 13.1. The van der Waals surface area contributed by atoms with E-state index in [0.29, 0.717) is 17.9 Å². The van der Waals surface area contributed by atoms with E-state index in [-0.39, 0.29) is 22.4 Å². The Kier molecular flexibility index (Phi) is 7.47. The Morgan fingerprint density at radius 2 is 1.79 bits per heavy atom. The molecule has 2 aliphatic rings. The van der Waals surface area contributed by atoms with Crippen molar-refractivity contribution in [3.63, 3.8) is 0 Å². The zero-order valence-electron chi connectivity index (χ0n) is 24.8. The monoisotopic (exact) mass is 601 g/mol. The van der Waals surface area contributed by atoms with Gasteiger partial charge >= 0.3 is 0 Å². The summed E-state index contributed by atoms with van der Waals surface area (Å²) < 4.78 is 40.6. The molecule has 6 rings (SSSR count). The lowest BCUT2D eigenvalue weighted by Gasteiger charge is -2.37. The molecule has 0 atom stereocenters. The number of pyridine rings is 2. The molecule has 1 fully saturated rings. The minimum atomic E-state index is -3.96. The summed E-state index contributed by atoms with van der Waals surface area (Å²) in [6.45, 7) is 1.19. The topological polar surface area (TPSA) is 114 Å². The lowest BCUT2D eigenvalue weighted by Crippen LogP contribution is -2.43. The van der Waals surface area contributed by atoms with Crippen LogP contribution in [0.4, 0.5) is 11.4 Å². The number of fused-ring (bicyclic) bond motifs is 4. The summed E-state index contributed by atoms with van der Waals surface area (Å²) in [6, 6.07) is 13.8. The van der Waals surface area contributed by atoms with Crippen molar-refractivity contribution in [2.24, 2.45) is 0 Å². The molecule has 11 heteroatoms. The molecule has 1 N–H and O–H groups in total. The molecule has 0 radical (unpaired) electrons. The van der Waals surface area contributed by atoms with E-state index >= 15 is 0 Å². The second kappa shape index (κ2) is 11.1. The first kappa shape index (κ1) is 28.9. The van der Waals surface area contributed by atoms with Crippen molar-refractivity contribution >= 4 is 38.2 Å². The van der Waals surface area contributed by atoms with Crippen molar-refractivity contribution in [3.05, 3.63) is 66.5 Å². The van der Waals surface area contributed by atoms with Crippen LogP contribution < -0.4 is 19.1 Å². The van der Waals surface area contributed by atoms with Gasteiger partial charge in [0, 0.05) is 36.3 Å². The zero-order valence-corrected chi connectivity index (χ0v) is 25.6. The molecule has 2 aromatic heterocycles. The number of nitrogens with one attached hydrogen (secondary N) is 1. The van der Waals surface area contributed by atoms with Crippen molar-refractivity contribution in [3.8, 4) is 22.8 Å². The minimum absolute atomic E-state index is 0.0872. The summed E-state index contributed by atoms with van der Waals surface area (Å²) in [7, 11) is 3.35. The first-order chi connectivity index (χ1) is 20.6. The first-order valence-electron chi connectivity index (χ1n) is 14.3. The van der Waals surface area contributed by atoms with Gasteiger partial charge in [0.25, 0.3) is 10.0 Å². The van der Waals surface area contributed by atoms with Gasteiger partial charge in [-0.15, -0.1) is 0 Å². The number of sulfonamides is 1. The highest BCUT2D eigenvalue weighted by molar-refractivity contribution is 7.92. The summed E-state index contributed by atoms with van der Waals surface area (Å²) >= 11 is 0. The first-order valence-corrected chi connectivity index (χ1v) is 15.8. The summed E-state index contributed by atoms with van der Waals surface area (Å²) in [5.74, 6) is 0.881. The minimum Gasteiger partial charge on any atom is -0.497 e. The molecule has 3 heterocycles. The van der Waals surface area contributed by atoms with Crippen molar-refractivity contribution < 1.29 is 22.7 Å². The number of nitrogens with zero attached hydrogens (tertiary/aromatic N) is 4. The number of rotatable bonds is 10. The van der Waals surface area contributed by atoms with Crippen LogP contribution >= 0.6 is 0 Å². The average Bonchev–Trinajstić information content (AvgIpc) is 3.22. The number of carbonyl (C=O) groups excluding carboxylic acids is 1. The van der Waals surface area contributed by atoms with Crippen molar-refractivity contribution in [2.75, 3.05) is 51.0 Å². The molecule has 1 amide bonds. The van der Waals surface area contributed by atoms with Crippen molar-refractivity contribution in [2.45, 2.75) is 36.0 Å². The van der Waals surface area contributed by atoms with E-state index in [1.165, 1.54) is 19.2 Å². The summed E-state index contributed by atoms with van der Waals surface area (Å²) in [6.07, 6.45) is 6.88. The van der Waals surface area contributed by atoms with Gasteiger partial charge in [-0.1, -0.05) is 12.5 Å². The molecule has 10 nitrogen and oxygen atoms in total. The third-order valence-corrected chi connectivity index (χ3v) is 9.78. The summed E-state index contributed by atoms with van der Waals surface area (Å²) in [4.78, 5) is 26.3. The number of aromatic nitrogens is 2. The summed E-state index contributed by atoms with van der Waals surface area (Å²) in [5.41, 5.74) is 3.97. The van der Waals surface area contributed by atoms with Gasteiger partial charge in [0.1, 0.15) is 11.4 Å². The fourth-order valence-electron chi connectivity index (χ4n) is 5.96. The highest BCUT2D eigenvalue weighted by atomic mass is 32.2. The van der Waals surface area contributed by atoms with E-state index in [4.69, 9.17) is 9.47 Å². The Morgan fingerprint density at radius 1 is 1.02 bits per heavy atom. The lowest BCUT2D eigenvalue weighted by molar-refractivity contribution is -0.125. The predicted molar refractivity (Wildman–Crippen MR) is 166 cm³/mol. The molecule has 1 aliphatic heterocycles. The maximum atomic E-state index is 13.4. The molecule has 1 aliphatic carbocycles. The lowest BCUT2D eigenvalue weighted by atomic mass is 9.64. The normalized spacial score (nSPS) is 15.6. The molecule has 2 aromatic carbocycles. The Morgan fingerprint density at radius 3 is 2.47 bits per heavy atom. The second-order valence-electron chi connectivity index (χ2n) is 11.4. The van der Waals surface area contributed by atoms with E-state index in [1.807, 2.05) is 39.3 Å². The third kappa shape index (κ3) is 5.16. The highest BCUT2D eigenvalue weighted by Crippen LogP contribution is 2.55. The number of carbonyl (C=O) groups is 1. The maximum absolute atomic E-state index is 13.4. The van der Waals surface area contributed by atoms with E-state index < -0.39 is 15.4 Å². The maximum Gasteiger partial charge on any atom is 0.262 e. The molecule has 224 valence electrons. The predicted octanol–water partition coefficient (Wildman–Crippen LogP) is 4.83. The average molecular weight is 602 g/mol. The van der Waals surface area contributed by atoms with E-state index in [9.17, 15) is 13.2 Å². The van der Waals surface area contributed by atoms with Crippen LogP contribution in [0.1, 0.15) is 31.2 Å². The molecular weight excluding hydrogens is 566 g/mol. The quantitative estimate of drug-likeness (QED) is 0.257. The van der Waals surface area contributed by atoms with E-state index in [0.717, 1.165) is 59.9 Å². The number of likely N-dealkylation sites (N-methyl/N-ethyl adjacent to an activating group) is 1. The standard InChI is InChI=1S/C32H35N5O5S/c1-36(2)15-6-16-42-30-27(35-43(39,40)24-10-8-23(41-4)9-11-24)18-22(19-34-30)21-7-12-26-25(17-21)29-28(20-33-26)37(3)31(38)32(29)13-5-14-32/h7-12,17-20,35H,5-6,13-16H2,1-4H3. The molecule has 0 unspecified atom stereocenters. The van der Waals surface area contributed by atoms with Gasteiger partial charge in [-0.05, 0) is 81.4 Å². The highest BCUT2D eigenvalue weighted by Gasteiger charge is 2.54. The van der Waals surface area contributed by atoms with Gasteiger partial charge in [0.15, 0.2) is 0 Å². The van der Waals surface area contributed by atoms with Gasteiger partial charge in [-0.25, -0.2) is 13.4 Å². The van der Waals surface area contributed by atoms with E-state index in [2.05, 4.69) is 19.6 Å². The largest absolute Gasteiger partial charge is 0.497 e. The zero-order chi connectivity index (χ0) is 30.4. The fraction of sp³-hybridized carbons (Fsp3) is 0.344. The van der Waals surface area contributed by atoms with Crippen LogP contribution in [0, 0.1) is 0 Å². The molecule has 1 spiro atoms. The molecule has 1 saturated carbocycles. The number of ether oxygens (including phenoxy) is 2. The SMILES string of the molecule is COc1ccc(S(=O)(=O)Nc2cc(-c3ccc4ncc5c(c4c3)C3(CCC3)C(=O)N5C)cnc2OCCCN(C)C)cc1. The smallest absolute Gasteiger partial charge is 0.262 e. The number of amides is 1. The number of benzene rings is 2. The van der Waals surface area contributed by atoms with Gasteiger partial charge in [0.2, 0.25) is 11.8 Å². The molecule has 4 aromatic rings. The van der Waals surface area contributed by atoms with Crippen LogP contribution in [-0.4, -0.2) is 70.6 Å². The van der Waals surface area contributed by atoms with Gasteiger partial charge in [-0.2, -0.15) is 0 Å². The molecule has 0 bridgehead atoms. The fourth-order valence-corrected chi connectivity index (χ4v) is 7.00. The Bertz CT molecular complexity index is 1800. The molecule has 43 heavy (non-hydrogen) atoms.